The molecule has 2 amide bonds. The lowest BCUT2D eigenvalue weighted by Crippen LogP contribution is -2.21. The van der Waals surface area contributed by atoms with Gasteiger partial charge in [0.05, 0.1) is 15.6 Å². The zero-order valence-corrected chi connectivity index (χ0v) is 8.89. The molecule has 1 aliphatic heterocycles. The second kappa shape index (κ2) is 3.68. The smallest absolute Gasteiger partial charge is 0.258 e. The number of hydrogen-bond acceptors (Lipinski definition) is 2. The van der Waals surface area contributed by atoms with Crippen molar-refractivity contribution in [2.24, 2.45) is 0 Å². The van der Waals surface area contributed by atoms with Crippen LogP contribution in [-0.4, -0.2) is 11.8 Å². The summed E-state index contributed by atoms with van der Waals surface area (Å²) >= 11 is 11.5. The molecule has 0 saturated heterocycles. The van der Waals surface area contributed by atoms with Crippen LogP contribution in [0.1, 0.15) is 5.56 Å². The Labute approximate surface area is 95.7 Å². The van der Waals surface area contributed by atoms with Crippen molar-refractivity contribution in [2.45, 2.75) is 0 Å². The van der Waals surface area contributed by atoms with E-state index in [1.807, 2.05) is 0 Å². The lowest BCUT2D eigenvalue weighted by Gasteiger charge is -2.01. The van der Waals surface area contributed by atoms with E-state index >= 15 is 0 Å². The van der Waals surface area contributed by atoms with Crippen LogP contribution in [0.15, 0.2) is 24.3 Å². The molecule has 0 aromatic heterocycles. The minimum atomic E-state index is -0.418. The van der Waals surface area contributed by atoms with Crippen LogP contribution in [0.5, 0.6) is 0 Å². The maximum absolute atomic E-state index is 11.3. The van der Waals surface area contributed by atoms with Gasteiger partial charge in [0.25, 0.3) is 11.8 Å². The molecule has 15 heavy (non-hydrogen) atoms. The van der Waals surface area contributed by atoms with Crippen molar-refractivity contribution < 1.29 is 9.59 Å². The predicted molar refractivity (Wildman–Crippen MR) is 57.6 cm³/mol. The molecule has 3 nitrogen and oxygen atoms in total. The van der Waals surface area contributed by atoms with Crippen LogP contribution in [0.2, 0.25) is 10.0 Å². The summed E-state index contributed by atoms with van der Waals surface area (Å²) in [5.41, 5.74) is 0.881. The fraction of sp³-hybridized carbons (Fsp3) is 0. The molecular weight excluding hydrogens is 237 g/mol. The van der Waals surface area contributed by atoms with Crippen molar-refractivity contribution in [3.8, 4) is 0 Å². The van der Waals surface area contributed by atoms with Gasteiger partial charge in [-0.2, -0.15) is 0 Å². The maximum Gasteiger partial charge on any atom is 0.258 e. The minimum absolute atomic E-state index is 0.304. The highest BCUT2D eigenvalue weighted by Crippen LogP contribution is 2.27. The van der Waals surface area contributed by atoms with Crippen molar-refractivity contribution in [3.63, 3.8) is 0 Å². The molecule has 0 saturated carbocycles. The van der Waals surface area contributed by atoms with E-state index in [1.165, 1.54) is 6.08 Å². The molecule has 2 rings (SSSR count). The van der Waals surface area contributed by atoms with E-state index < -0.39 is 11.8 Å². The van der Waals surface area contributed by atoms with Gasteiger partial charge in [-0.25, -0.2) is 0 Å². The molecule has 1 N–H and O–H groups in total. The monoisotopic (exact) mass is 241 g/mol. The first kappa shape index (κ1) is 10.2. The minimum Gasteiger partial charge on any atom is -0.289 e. The van der Waals surface area contributed by atoms with Crippen LogP contribution in [0.25, 0.3) is 5.57 Å². The Hall–Kier alpha value is -1.32. The molecule has 0 atom stereocenters. The summed E-state index contributed by atoms with van der Waals surface area (Å²) in [6, 6.07) is 4.77. The largest absolute Gasteiger partial charge is 0.289 e. The van der Waals surface area contributed by atoms with Crippen molar-refractivity contribution in [1.82, 2.24) is 5.32 Å². The molecule has 5 heteroatoms. The third-order valence-electron chi connectivity index (χ3n) is 1.99. The van der Waals surface area contributed by atoms with E-state index in [-0.39, 0.29) is 0 Å². The van der Waals surface area contributed by atoms with Crippen LogP contribution < -0.4 is 5.32 Å². The van der Waals surface area contributed by atoms with Gasteiger partial charge in [-0.05, 0) is 17.7 Å². The number of benzene rings is 1. The molecule has 1 aromatic rings. The van der Waals surface area contributed by atoms with Crippen LogP contribution in [0, 0.1) is 0 Å². The van der Waals surface area contributed by atoms with Gasteiger partial charge < -0.3 is 0 Å². The lowest BCUT2D eigenvalue weighted by molar-refractivity contribution is -0.123. The normalized spacial score (nSPS) is 15.2. The summed E-state index contributed by atoms with van der Waals surface area (Å²) in [5.74, 6) is -0.834. The van der Waals surface area contributed by atoms with E-state index in [2.05, 4.69) is 5.32 Å². The molecule has 0 bridgehead atoms. The summed E-state index contributed by atoms with van der Waals surface area (Å²) in [6.45, 7) is 0. The van der Waals surface area contributed by atoms with Gasteiger partial charge in [0.1, 0.15) is 0 Å². The Morgan fingerprint density at radius 2 is 1.80 bits per heavy atom. The number of amides is 2. The van der Waals surface area contributed by atoms with E-state index in [1.54, 1.807) is 18.2 Å². The van der Waals surface area contributed by atoms with Gasteiger partial charge in [0, 0.05) is 6.08 Å². The summed E-state index contributed by atoms with van der Waals surface area (Å²) in [7, 11) is 0. The zero-order chi connectivity index (χ0) is 11.0. The quantitative estimate of drug-likeness (QED) is 0.766. The predicted octanol–water partition coefficient (Wildman–Crippen LogP) is 2.03. The average molecular weight is 242 g/mol. The highest BCUT2D eigenvalue weighted by atomic mass is 35.5. The van der Waals surface area contributed by atoms with Crippen molar-refractivity contribution in [3.05, 3.63) is 39.9 Å². The van der Waals surface area contributed by atoms with Crippen molar-refractivity contribution in [2.75, 3.05) is 0 Å². The standard InChI is InChI=1S/C10H5Cl2NO2/c11-7-2-1-5(3-8(7)12)6-4-9(14)13-10(6)15/h1-4H,(H,13,14,15). The number of nitrogens with one attached hydrogen (secondary N) is 1. The topological polar surface area (TPSA) is 46.2 Å². The fourth-order valence-corrected chi connectivity index (χ4v) is 1.59. The van der Waals surface area contributed by atoms with Gasteiger partial charge in [0.2, 0.25) is 0 Å². The molecule has 1 aromatic carbocycles. The van der Waals surface area contributed by atoms with Gasteiger partial charge in [0.15, 0.2) is 0 Å². The first-order valence-corrected chi connectivity index (χ1v) is 4.86. The Morgan fingerprint density at radius 3 is 2.33 bits per heavy atom. The molecule has 0 unspecified atom stereocenters. The third kappa shape index (κ3) is 1.89. The Balaban J connectivity index is 2.47. The number of imide groups is 1. The Morgan fingerprint density at radius 1 is 1.07 bits per heavy atom. The third-order valence-corrected chi connectivity index (χ3v) is 2.73. The summed E-state index contributed by atoms with van der Waals surface area (Å²) in [4.78, 5) is 22.2. The van der Waals surface area contributed by atoms with Gasteiger partial charge in [-0.3, -0.25) is 14.9 Å². The molecule has 1 aliphatic rings. The number of halogens is 2. The highest BCUT2D eigenvalue weighted by molar-refractivity contribution is 6.42. The molecular formula is C10H5Cl2NO2. The van der Waals surface area contributed by atoms with Crippen LogP contribution in [0.4, 0.5) is 0 Å². The van der Waals surface area contributed by atoms with Crippen LogP contribution in [0.3, 0.4) is 0 Å². The van der Waals surface area contributed by atoms with Crippen LogP contribution in [-0.2, 0) is 9.59 Å². The van der Waals surface area contributed by atoms with Crippen molar-refractivity contribution >= 4 is 40.6 Å². The first-order valence-electron chi connectivity index (χ1n) is 4.10. The molecule has 0 fully saturated rings. The molecule has 0 aliphatic carbocycles. The highest BCUT2D eigenvalue weighted by Gasteiger charge is 2.22. The Kier molecular flexibility index (Phi) is 2.50. The van der Waals surface area contributed by atoms with E-state index in [0.717, 1.165) is 0 Å². The summed E-state index contributed by atoms with van der Waals surface area (Å²) in [5, 5.41) is 2.91. The van der Waals surface area contributed by atoms with E-state index in [9.17, 15) is 9.59 Å². The molecule has 1 heterocycles. The van der Waals surface area contributed by atoms with Gasteiger partial charge in [-0.15, -0.1) is 0 Å². The van der Waals surface area contributed by atoms with Gasteiger partial charge >= 0.3 is 0 Å². The summed E-state index contributed by atoms with van der Waals surface area (Å²) in [6.07, 6.45) is 1.24. The zero-order valence-electron chi connectivity index (χ0n) is 7.38. The lowest BCUT2D eigenvalue weighted by atomic mass is 10.1. The second-order valence-corrected chi connectivity index (χ2v) is 3.82. The molecule has 76 valence electrons. The number of carbonyl (C=O) groups excluding carboxylic acids is 2. The number of carbonyl (C=O) groups is 2. The van der Waals surface area contributed by atoms with Gasteiger partial charge in [-0.1, -0.05) is 29.3 Å². The molecule has 0 spiro atoms. The Bertz CT molecular complexity index is 494. The fourth-order valence-electron chi connectivity index (χ4n) is 1.29. The second-order valence-electron chi connectivity index (χ2n) is 3.01. The molecule has 0 radical (unpaired) electrons. The summed E-state index contributed by atoms with van der Waals surface area (Å²) < 4.78 is 0. The van der Waals surface area contributed by atoms with E-state index in [0.29, 0.717) is 21.2 Å². The first-order chi connectivity index (χ1) is 7.08. The SMILES string of the molecule is O=C1C=C(c2ccc(Cl)c(Cl)c2)C(=O)N1. The van der Waals surface area contributed by atoms with Crippen LogP contribution >= 0.6 is 23.2 Å². The maximum atomic E-state index is 11.3. The van der Waals surface area contributed by atoms with E-state index in [4.69, 9.17) is 23.2 Å². The number of hydrogen-bond donors (Lipinski definition) is 1. The van der Waals surface area contributed by atoms with Crippen molar-refractivity contribution in [1.29, 1.82) is 0 Å². The average Bonchev–Trinajstić information content (AvgIpc) is 2.50. The number of rotatable bonds is 1.